The molecule has 0 nitrogen and oxygen atoms in total. The first-order valence-corrected chi connectivity index (χ1v) is 7.73. The van der Waals surface area contributed by atoms with E-state index in [1.54, 1.807) is 0 Å². The number of benzene rings is 1. The second-order valence-corrected chi connectivity index (χ2v) is 6.26. The molecule has 0 aliphatic heterocycles. The molecule has 0 bridgehead atoms. The van der Waals surface area contributed by atoms with E-state index in [2.05, 4.69) is 45.9 Å². The third-order valence-corrected chi connectivity index (χ3v) is 4.93. The summed E-state index contributed by atoms with van der Waals surface area (Å²) in [6.07, 6.45) is 3.22. The lowest BCUT2D eigenvalue weighted by Gasteiger charge is -2.28. The molecule has 1 aromatic carbocycles. The lowest BCUT2D eigenvalue weighted by Crippen LogP contribution is -2.20. The Bertz CT molecular complexity index is 381. The van der Waals surface area contributed by atoms with Crippen LogP contribution < -0.4 is 0 Å². The van der Waals surface area contributed by atoms with Crippen molar-refractivity contribution in [3.63, 3.8) is 0 Å². The van der Waals surface area contributed by atoms with E-state index in [-0.39, 0.29) is 5.41 Å². The van der Waals surface area contributed by atoms with Crippen molar-refractivity contribution in [3.8, 4) is 0 Å². The third kappa shape index (κ3) is 3.65. The predicted molar refractivity (Wildman–Crippen MR) is 83.0 cm³/mol. The molecule has 0 N–H and O–H groups in total. The van der Waals surface area contributed by atoms with Gasteiger partial charge < -0.3 is 0 Å². The average molecular weight is 287 g/mol. The SMILES string of the molecule is CCC(C)(CC)c1ccc(CC(C)CCl)cc1Cl. The summed E-state index contributed by atoms with van der Waals surface area (Å²) in [5.74, 6) is 1.19. The lowest BCUT2D eigenvalue weighted by molar-refractivity contribution is 0.439. The van der Waals surface area contributed by atoms with E-state index in [4.69, 9.17) is 23.2 Å². The molecule has 0 radical (unpaired) electrons. The van der Waals surface area contributed by atoms with Gasteiger partial charge in [0.1, 0.15) is 0 Å². The molecule has 1 unspecified atom stereocenters. The van der Waals surface area contributed by atoms with Crippen LogP contribution in [0.3, 0.4) is 0 Å². The molecule has 1 atom stereocenters. The fourth-order valence-electron chi connectivity index (χ4n) is 2.26. The Morgan fingerprint density at radius 1 is 1.22 bits per heavy atom. The zero-order valence-corrected chi connectivity index (χ0v) is 13.4. The molecule has 0 heterocycles. The number of alkyl halides is 1. The molecule has 0 aliphatic rings. The largest absolute Gasteiger partial charge is 0.126 e. The highest BCUT2D eigenvalue weighted by molar-refractivity contribution is 6.31. The molecule has 18 heavy (non-hydrogen) atoms. The summed E-state index contributed by atoms with van der Waals surface area (Å²) in [7, 11) is 0. The van der Waals surface area contributed by atoms with Gasteiger partial charge in [0.25, 0.3) is 0 Å². The van der Waals surface area contributed by atoms with Gasteiger partial charge in [-0.25, -0.2) is 0 Å². The predicted octanol–water partition coefficient (Wildman–Crippen LogP) is 5.84. The highest BCUT2D eigenvalue weighted by atomic mass is 35.5. The Kier molecular flexibility index (Phi) is 6.01. The normalized spacial score (nSPS) is 13.7. The van der Waals surface area contributed by atoms with Crippen molar-refractivity contribution < 1.29 is 0 Å². The quantitative estimate of drug-likeness (QED) is 0.577. The van der Waals surface area contributed by atoms with Crippen molar-refractivity contribution in [3.05, 3.63) is 34.3 Å². The zero-order chi connectivity index (χ0) is 13.8. The highest BCUT2D eigenvalue weighted by Crippen LogP contribution is 2.36. The van der Waals surface area contributed by atoms with E-state index >= 15 is 0 Å². The first-order chi connectivity index (χ1) is 8.46. The van der Waals surface area contributed by atoms with Gasteiger partial charge in [-0.1, -0.05) is 51.4 Å². The van der Waals surface area contributed by atoms with Crippen LogP contribution in [0, 0.1) is 5.92 Å². The summed E-state index contributed by atoms with van der Waals surface area (Å²) in [4.78, 5) is 0. The summed E-state index contributed by atoms with van der Waals surface area (Å²) in [6.45, 7) is 8.90. The molecule has 0 fully saturated rings. The van der Waals surface area contributed by atoms with Gasteiger partial charge in [0.05, 0.1) is 0 Å². The van der Waals surface area contributed by atoms with Gasteiger partial charge in [0.2, 0.25) is 0 Å². The molecule has 2 heteroatoms. The Balaban J connectivity index is 2.99. The zero-order valence-electron chi connectivity index (χ0n) is 11.9. The Morgan fingerprint density at radius 2 is 1.83 bits per heavy atom. The van der Waals surface area contributed by atoms with Gasteiger partial charge in [-0.2, -0.15) is 0 Å². The van der Waals surface area contributed by atoms with Crippen LogP contribution in [0.25, 0.3) is 0 Å². The first-order valence-electron chi connectivity index (χ1n) is 6.81. The Labute approximate surface area is 122 Å². The standard InChI is InChI=1S/C16H24Cl2/c1-5-16(4,6-2)14-8-7-13(10-15(14)18)9-12(3)11-17/h7-8,10,12H,5-6,9,11H2,1-4H3. The second kappa shape index (κ2) is 6.82. The van der Waals surface area contributed by atoms with Gasteiger partial charge >= 0.3 is 0 Å². The van der Waals surface area contributed by atoms with Crippen LogP contribution in [0.15, 0.2) is 18.2 Å². The van der Waals surface area contributed by atoms with E-state index in [0.717, 1.165) is 24.3 Å². The van der Waals surface area contributed by atoms with Gasteiger partial charge in [-0.05, 0) is 47.8 Å². The maximum absolute atomic E-state index is 6.46. The Morgan fingerprint density at radius 3 is 2.28 bits per heavy atom. The van der Waals surface area contributed by atoms with E-state index in [0.29, 0.717) is 11.8 Å². The molecule has 102 valence electrons. The van der Waals surface area contributed by atoms with Crippen molar-refractivity contribution in [2.45, 2.75) is 52.4 Å². The van der Waals surface area contributed by atoms with Gasteiger partial charge in [-0.15, -0.1) is 11.6 Å². The summed E-state index contributed by atoms with van der Waals surface area (Å²) in [5.41, 5.74) is 2.75. The highest BCUT2D eigenvalue weighted by Gasteiger charge is 2.24. The molecule has 0 aromatic heterocycles. The average Bonchev–Trinajstić information content (AvgIpc) is 2.37. The van der Waals surface area contributed by atoms with Crippen molar-refractivity contribution in [1.82, 2.24) is 0 Å². The van der Waals surface area contributed by atoms with Crippen molar-refractivity contribution in [1.29, 1.82) is 0 Å². The van der Waals surface area contributed by atoms with Crippen LogP contribution >= 0.6 is 23.2 Å². The van der Waals surface area contributed by atoms with Crippen LogP contribution in [0.5, 0.6) is 0 Å². The minimum atomic E-state index is 0.188. The molecule has 0 spiro atoms. The summed E-state index contributed by atoms with van der Waals surface area (Å²) in [5, 5.41) is 0.903. The van der Waals surface area contributed by atoms with E-state index < -0.39 is 0 Å². The molecular weight excluding hydrogens is 263 g/mol. The number of hydrogen-bond acceptors (Lipinski definition) is 0. The third-order valence-electron chi connectivity index (χ3n) is 4.09. The molecule has 0 saturated heterocycles. The monoisotopic (exact) mass is 286 g/mol. The molecule has 0 aliphatic carbocycles. The van der Waals surface area contributed by atoms with Crippen LogP contribution in [0.4, 0.5) is 0 Å². The first kappa shape index (κ1) is 15.9. The summed E-state index contributed by atoms with van der Waals surface area (Å²) in [6, 6.07) is 6.52. The van der Waals surface area contributed by atoms with E-state index in [1.165, 1.54) is 11.1 Å². The molecule has 1 rings (SSSR count). The van der Waals surface area contributed by atoms with Crippen molar-refractivity contribution in [2.24, 2.45) is 5.92 Å². The van der Waals surface area contributed by atoms with Gasteiger partial charge in [0, 0.05) is 10.9 Å². The minimum absolute atomic E-state index is 0.188. The number of rotatable bonds is 6. The van der Waals surface area contributed by atoms with Gasteiger partial charge in [0.15, 0.2) is 0 Å². The van der Waals surface area contributed by atoms with Crippen LogP contribution in [-0.2, 0) is 11.8 Å². The molecular formula is C16H24Cl2. The fraction of sp³-hybridized carbons (Fsp3) is 0.625. The smallest absolute Gasteiger partial charge is 0.0446 e. The maximum atomic E-state index is 6.46. The number of halogens is 2. The minimum Gasteiger partial charge on any atom is -0.126 e. The van der Waals surface area contributed by atoms with Crippen molar-refractivity contribution in [2.75, 3.05) is 5.88 Å². The van der Waals surface area contributed by atoms with E-state index in [1.807, 2.05) is 0 Å². The van der Waals surface area contributed by atoms with Crippen LogP contribution in [0.2, 0.25) is 5.02 Å². The topological polar surface area (TPSA) is 0 Å². The lowest BCUT2D eigenvalue weighted by atomic mass is 9.77. The maximum Gasteiger partial charge on any atom is 0.0446 e. The van der Waals surface area contributed by atoms with Gasteiger partial charge in [-0.3, -0.25) is 0 Å². The molecule has 1 aromatic rings. The summed E-state index contributed by atoms with van der Waals surface area (Å²) >= 11 is 12.3. The van der Waals surface area contributed by atoms with E-state index in [9.17, 15) is 0 Å². The number of hydrogen-bond donors (Lipinski definition) is 0. The summed E-state index contributed by atoms with van der Waals surface area (Å²) < 4.78 is 0. The van der Waals surface area contributed by atoms with Crippen LogP contribution in [-0.4, -0.2) is 5.88 Å². The fourth-order valence-corrected chi connectivity index (χ4v) is 2.80. The van der Waals surface area contributed by atoms with Crippen molar-refractivity contribution >= 4 is 23.2 Å². The Hall–Kier alpha value is -0.200. The second-order valence-electron chi connectivity index (χ2n) is 5.55. The molecule has 0 amide bonds. The van der Waals surface area contributed by atoms with Crippen LogP contribution in [0.1, 0.15) is 51.7 Å². The molecule has 0 saturated carbocycles.